The smallest absolute Gasteiger partial charge is 0.174 e. The Hall–Kier alpha value is -0.273. The number of hydrogen-bond donors (Lipinski definition) is 0. The lowest BCUT2D eigenvalue weighted by atomic mass is 10.1. The Morgan fingerprint density at radius 2 is 1.30 bits per heavy atom. The zero-order valence-corrected chi connectivity index (χ0v) is 7.94. The van der Waals surface area contributed by atoms with E-state index in [0.29, 0.717) is 0 Å². The number of halogens is 1. The van der Waals surface area contributed by atoms with Crippen molar-refractivity contribution in [3.05, 3.63) is 35.4 Å². The quantitative estimate of drug-likeness (QED) is 0.414. The summed E-state index contributed by atoms with van der Waals surface area (Å²) in [6.45, 7) is 4.24. The van der Waals surface area contributed by atoms with Crippen molar-refractivity contribution in [2.75, 3.05) is 0 Å². The molecule has 3 radical (unpaired) electrons. The van der Waals surface area contributed by atoms with Crippen LogP contribution in [0.2, 0.25) is 0 Å². The third-order valence-electron chi connectivity index (χ3n) is 1.43. The number of hydrogen-bond acceptors (Lipinski definition) is 0. The molecule has 1 aromatic rings. The first-order valence-corrected chi connectivity index (χ1v) is 4.53. The Morgan fingerprint density at radius 3 is 1.50 bits per heavy atom. The monoisotopic (exact) mass is 169 g/mol. The Balaban J connectivity index is 0.000000371. The molecule has 10 heavy (non-hydrogen) atoms. The van der Waals surface area contributed by atoms with Crippen molar-refractivity contribution in [2.24, 2.45) is 0 Å². The fraction of sp³-hybridized carbons (Fsp3) is 0.250. The minimum Gasteiger partial charge on any atom is -0.174 e. The molecule has 0 fully saturated rings. The molecule has 2 heteroatoms. The van der Waals surface area contributed by atoms with Crippen LogP contribution in [0.25, 0.3) is 0 Å². The van der Waals surface area contributed by atoms with Gasteiger partial charge in [0, 0.05) is 0 Å². The van der Waals surface area contributed by atoms with Crippen LogP contribution >= 0.6 is 11.1 Å². The summed E-state index contributed by atoms with van der Waals surface area (Å²) >= 11 is 4.44. The molecule has 0 amide bonds. The van der Waals surface area contributed by atoms with Crippen LogP contribution in [-0.4, -0.2) is 9.55 Å². The molecule has 0 nitrogen and oxygen atoms in total. The zero-order chi connectivity index (χ0) is 7.98. The fourth-order valence-corrected chi connectivity index (χ4v) is 0.663. The summed E-state index contributed by atoms with van der Waals surface area (Å²) < 4.78 is 0. The molecule has 0 aliphatic carbocycles. The maximum Gasteiger partial charge on any atom is 0.174 e. The molecule has 0 saturated carbocycles. The van der Waals surface area contributed by atoms with Gasteiger partial charge in [-0.3, -0.25) is 0 Å². The van der Waals surface area contributed by atoms with Crippen molar-refractivity contribution >= 4 is 20.6 Å². The fourth-order valence-electron chi connectivity index (χ4n) is 0.663. The van der Waals surface area contributed by atoms with Gasteiger partial charge in [0.1, 0.15) is 0 Å². The average Bonchev–Trinajstić information content (AvgIpc) is 2.00. The first-order chi connectivity index (χ1) is 4.80. The normalized spacial score (nSPS) is 8.00. The second-order valence-corrected chi connectivity index (χ2v) is 2.08. The first-order valence-electron chi connectivity index (χ1n) is 3.02. The van der Waals surface area contributed by atoms with Crippen molar-refractivity contribution in [3.8, 4) is 0 Å². The second-order valence-electron chi connectivity index (χ2n) is 2.08. The van der Waals surface area contributed by atoms with Gasteiger partial charge in [-0.15, -0.1) is 0 Å². The van der Waals surface area contributed by atoms with E-state index >= 15 is 0 Å². The Bertz CT molecular complexity index is 165. The Morgan fingerprint density at radius 1 is 1.00 bits per heavy atom. The predicted molar refractivity (Wildman–Crippen MR) is 47.5 cm³/mol. The second kappa shape index (κ2) is 5.51. The van der Waals surface area contributed by atoms with E-state index in [9.17, 15) is 0 Å². The van der Waals surface area contributed by atoms with Crippen molar-refractivity contribution < 1.29 is 0 Å². The summed E-state index contributed by atoms with van der Waals surface area (Å²) in [5, 5.41) is 0. The Labute approximate surface area is 70.3 Å². The van der Waals surface area contributed by atoms with Crippen LogP contribution in [-0.2, 0) is 0 Å². The molecule has 0 N–H and O–H groups in total. The molecule has 1 rings (SSSR count). The summed E-state index contributed by atoms with van der Waals surface area (Å²) in [6, 6.07) is 8.36. The molecule has 0 bridgehead atoms. The van der Waals surface area contributed by atoms with Crippen LogP contribution in [0.3, 0.4) is 0 Å². The van der Waals surface area contributed by atoms with Crippen LogP contribution in [0.4, 0.5) is 0 Å². The molecule has 0 saturated heterocycles. The summed E-state index contributed by atoms with van der Waals surface area (Å²) in [6.07, 6.45) is 0. The van der Waals surface area contributed by atoms with Crippen molar-refractivity contribution in [2.45, 2.75) is 13.8 Å². The third-order valence-corrected chi connectivity index (χ3v) is 1.43. The SMILES string of the molecule is Cc1ccccc1C.[Si]Cl. The summed E-state index contributed by atoms with van der Waals surface area (Å²) in [5.41, 5.74) is 2.74. The van der Waals surface area contributed by atoms with E-state index in [1.54, 1.807) is 0 Å². The molecule has 1 aromatic carbocycles. The zero-order valence-electron chi connectivity index (χ0n) is 6.19. The van der Waals surface area contributed by atoms with Crippen molar-refractivity contribution in [1.82, 2.24) is 0 Å². The van der Waals surface area contributed by atoms with Gasteiger partial charge in [0.25, 0.3) is 0 Å². The van der Waals surface area contributed by atoms with Crippen LogP contribution in [0.5, 0.6) is 0 Å². The van der Waals surface area contributed by atoms with E-state index < -0.39 is 0 Å². The van der Waals surface area contributed by atoms with E-state index in [2.05, 4.69) is 58.7 Å². The third kappa shape index (κ3) is 3.04. The predicted octanol–water partition coefficient (Wildman–Crippen LogP) is 2.61. The largest absolute Gasteiger partial charge is 0.174 e. The van der Waals surface area contributed by atoms with Gasteiger partial charge in [0.15, 0.2) is 9.55 Å². The van der Waals surface area contributed by atoms with Gasteiger partial charge in [0.05, 0.1) is 0 Å². The van der Waals surface area contributed by atoms with E-state index in [4.69, 9.17) is 0 Å². The summed E-state index contributed by atoms with van der Waals surface area (Å²) in [7, 11) is 2.44. The molecular formula is C8H10ClSi. The highest BCUT2D eigenvalue weighted by Crippen LogP contribution is 2.02. The van der Waals surface area contributed by atoms with Gasteiger partial charge in [-0.25, -0.2) is 0 Å². The highest BCUT2D eigenvalue weighted by Gasteiger charge is 1.83. The van der Waals surface area contributed by atoms with Gasteiger partial charge in [-0.05, 0) is 25.0 Å². The minimum absolute atomic E-state index is 1.37. The van der Waals surface area contributed by atoms with Crippen LogP contribution < -0.4 is 0 Å². The van der Waals surface area contributed by atoms with Gasteiger partial charge >= 0.3 is 0 Å². The molecule has 0 spiro atoms. The molecule has 0 aliphatic rings. The summed E-state index contributed by atoms with van der Waals surface area (Å²) in [5.74, 6) is 0. The Kier molecular flexibility index (Phi) is 5.36. The van der Waals surface area contributed by atoms with Gasteiger partial charge in [-0.2, -0.15) is 11.1 Å². The molecule has 0 unspecified atom stereocenters. The average molecular weight is 170 g/mol. The lowest BCUT2D eigenvalue weighted by molar-refractivity contribution is 1.34. The molecule has 0 aromatic heterocycles. The van der Waals surface area contributed by atoms with Crippen LogP contribution in [0, 0.1) is 13.8 Å². The van der Waals surface area contributed by atoms with E-state index in [1.807, 2.05) is 0 Å². The number of benzene rings is 1. The lowest BCUT2D eigenvalue weighted by Crippen LogP contribution is -1.74. The van der Waals surface area contributed by atoms with Gasteiger partial charge < -0.3 is 0 Å². The highest BCUT2D eigenvalue weighted by atomic mass is 35.6. The molecule has 53 valence electrons. The summed E-state index contributed by atoms with van der Waals surface area (Å²) in [4.78, 5) is 0. The van der Waals surface area contributed by atoms with Crippen LogP contribution in [0.1, 0.15) is 11.1 Å². The first kappa shape index (κ1) is 9.73. The molecular weight excluding hydrogens is 160 g/mol. The van der Waals surface area contributed by atoms with Gasteiger partial charge in [0.2, 0.25) is 0 Å². The molecule has 0 aliphatic heterocycles. The lowest BCUT2D eigenvalue weighted by Gasteiger charge is -1.93. The van der Waals surface area contributed by atoms with E-state index in [-0.39, 0.29) is 0 Å². The van der Waals surface area contributed by atoms with Crippen molar-refractivity contribution in [1.29, 1.82) is 0 Å². The van der Waals surface area contributed by atoms with Gasteiger partial charge in [-0.1, -0.05) is 24.3 Å². The van der Waals surface area contributed by atoms with Crippen LogP contribution in [0.15, 0.2) is 24.3 Å². The molecule has 0 heterocycles. The topological polar surface area (TPSA) is 0 Å². The van der Waals surface area contributed by atoms with Crippen molar-refractivity contribution in [3.63, 3.8) is 0 Å². The maximum absolute atomic E-state index is 4.44. The molecule has 0 atom stereocenters. The van der Waals surface area contributed by atoms with E-state index in [1.165, 1.54) is 11.1 Å². The standard InChI is InChI=1S/C8H10.ClSi/c1-7-5-3-4-6-8(7)2;1-2/h3-6H,1-2H3;. The highest BCUT2D eigenvalue weighted by molar-refractivity contribution is 6.80. The number of rotatable bonds is 0. The maximum atomic E-state index is 4.44. The minimum atomic E-state index is 1.37. The number of aryl methyl sites for hydroxylation is 2. The van der Waals surface area contributed by atoms with E-state index in [0.717, 1.165) is 0 Å².